The molecule has 0 bridgehead atoms. The van der Waals surface area contributed by atoms with Gasteiger partial charge in [0, 0.05) is 13.0 Å². The van der Waals surface area contributed by atoms with Gasteiger partial charge in [0.2, 0.25) is 11.8 Å². The SMILES string of the molecule is CC(C)(Br)C(=O)N1CC(C(C)(C)C)CC1=O. The number of imide groups is 1. The van der Waals surface area contributed by atoms with Crippen LogP contribution in [0.15, 0.2) is 0 Å². The molecule has 1 saturated heterocycles. The van der Waals surface area contributed by atoms with Crippen LogP contribution in [-0.2, 0) is 9.59 Å². The molecule has 0 radical (unpaired) electrons. The Bertz CT molecular complexity index is 312. The molecule has 16 heavy (non-hydrogen) atoms. The van der Waals surface area contributed by atoms with E-state index in [-0.39, 0.29) is 23.1 Å². The highest BCUT2D eigenvalue weighted by Gasteiger charge is 2.42. The van der Waals surface area contributed by atoms with Gasteiger partial charge in [-0.05, 0) is 25.2 Å². The van der Waals surface area contributed by atoms with Gasteiger partial charge in [-0.2, -0.15) is 0 Å². The van der Waals surface area contributed by atoms with E-state index in [0.29, 0.717) is 13.0 Å². The Morgan fingerprint density at radius 2 is 1.81 bits per heavy atom. The molecule has 1 unspecified atom stereocenters. The summed E-state index contributed by atoms with van der Waals surface area (Å²) in [5.41, 5.74) is 0.0706. The molecule has 1 fully saturated rings. The van der Waals surface area contributed by atoms with Crippen LogP contribution in [0.1, 0.15) is 41.0 Å². The summed E-state index contributed by atoms with van der Waals surface area (Å²) < 4.78 is -0.657. The van der Waals surface area contributed by atoms with Crippen molar-refractivity contribution in [2.45, 2.75) is 45.4 Å². The van der Waals surface area contributed by atoms with Crippen LogP contribution in [0.3, 0.4) is 0 Å². The molecule has 1 heterocycles. The Labute approximate surface area is 106 Å². The predicted molar refractivity (Wildman–Crippen MR) is 67.3 cm³/mol. The number of alkyl halides is 1. The van der Waals surface area contributed by atoms with E-state index in [2.05, 4.69) is 36.7 Å². The van der Waals surface area contributed by atoms with Gasteiger partial charge >= 0.3 is 0 Å². The molecule has 0 aliphatic carbocycles. The lowest BCUT2D eigenvalue weighted by Gasteiger charge is -2.27. The van der Waals surface area contributed by atoms with Crippen molar-refractivity contribution < 1.29 is 9.59 Å². The normalized spacial score (nSPS) is 22.8. The van der Waals surface area contributed by atoms with E-state index in [1.807, 2.05) is 0 Å². The number of hydrogen-bond acceptors (Lipinski definition) is 2. The van der Waals surface area contributed by atoms with Crippen molar-refractivity contribution in [1.29, 1.82) is 0 Å². The molecule has 1 aliphatic rings. The molecule has 0 aromatic heterocycles. The van der Waals surface area contributed by atoms with Gasteiger partial charge in [0.25, 0.3) is 0 Å². The maximum absolute atomic E-state index is 12.0. The van der Waals surface area contributed by atoms with Crippen molar-refractivity contribution in [3.8, 4) is 0 Å². The summed E-state index contributed by atoms with van der Waals surface area (Å²) in [6, 6.07) is 0. The van der Waals surface area contributed by atoms with Crippen molar-refractivity contribution in [2.75, 3.05) is 6.54 Å². The Hall–Kier alpha value is -0.380. The standard InChI is InChI=1S/C12H20BrNO2/c1-11(2,3)8-6-9(15)14(7-8)10(16)12(4,5)13/h8H,6-7H2,1-5H3. The van der Waals surface area contributed by atoms with E-state index in [1.165, 1.54) is 4.90 Å². The molecule has 1 rings (SSSR count). The van der Waals surface area contributed by atoms with Gasteiger partial charge in [0.1, 0.15) is 0 Å². The van der Waals surface area contributed by atoms with Crippen molar-refractivity contribution in [2.24, 2.45) is 11.3 Å². The van der Waals surface area contributed by atoms with Gasteiger partial charge in [0.15, 0.2) is 0 Å². The molecule has 0 aromatic carbocycles. The molecule has 0 N–H and O–H groups in total. The quantitative estimate of drug-likeness (QED) is 0.696. The first-order chi connectivity index (χ1) is 7.03. The minimum atomic E-state index is -0.657. The molecule has 4 heteroatoms. The molecule has 0 spiro atoms. The molecule has 0 saturated carbocycles. The second kappa shape index (κ2) is 4.13. The summed E-state index contributed by atoms with van der Waals surface area (Å²) >= 11 is 3.31. The third-order valence-electron chi connectivity index (χ3n) is 3.10. The molecule has 0 aromatic rings. The average Bonchev–Trinajstić information content (AvgIpc) is 2.43. The number of hydrogen-bond donors (Lipinski definition) is 0. The summed E-state index contributed by atoms with van der Waals surface area (Å²) in [5, 5.41) is 0. The molecule has 92 valence electrons. The number of amides is 2. The zero-order valence-corrected chi connectivity index (χ0v) is 12.2. The second-order valence-corrected chi connectivity index (χ2v) is 8.03. The molecule has 1 aliphatic heterocycles. The number of carbonyl (C=O) groups is 2. The second-order valence-electron chi connectivity index (χ2n) is 6.05. The van der Waals surface area contributed by atoms with Crippen LogP contribution in [0.5, 0.6) is 0 Å². The van der Waals surface area contributed by atoms with Gasteiger partial charge in [-0.1, -0.05) is 36.7 Å². The number of likely N-dealkylation sites (tertiary alicyclic amines) is 1. The first-order valence-corrected chi connectivity index (χ1v) is 6.36. The smallest absolute Gasteiger partial charge is 0.245 e. The molecule has 3 nitrogen and oxygen atoms in total. The van der Waals surface area contributed by atoms with Crippen LogP contribution in [0.4, 0.5) is 0 Å². The fourth-order valence-corrected chi connectivity index (χ4v) is 2.02. The van der Waals surface area contributed by atoms with Crippen LogP contribution >= 0.6 is 15.9 Å². The van der Waals surface area contributed by atoms with E-state index < -0.39 is 4.32 Å². The lowest BCUT2D eigenvalue weighted by Crippen LogP contribution is -2.43. The number of nitrogens with zero attached hydrogens (tertiary/aromatic N) is 1. The van der Waals surface area contributed by atoms with Crippen LogP contribution in [-0.4, -0.2) is 27.6 Å². The highest BCUT2D eigenvalue weighted by molar-refractivity contribution is 9.10. The summed E-state index contributed by atoms with van der Waals surface area (Å²) in [6.07, 6.45) is 0.484. The van der Waals surface area contributed by atoms with Crippen LogP contribution < -0.4 is 0 Å². The fraction of sp³-hybridized carbons (Fsp3) is 0.833. The number of rotatable bonds is 1. The van der Waals surface area contributed by atoms with Crippen LogP contribution in [0.25, 0.3) is 0 Å². The van der Waals surface area contributed by atoms with E-state index in [0.717, 1.165) is 0 Å². The Kier molecular flexibility index (Phi) is 3.53. The highest BCUT2D eigenvalue weighted by atomic mass is 79.9. The Balaban J connectivity index is 2.81. The van der Waals surface area contributed by atoms with Gasteiger partial charge < -0.3 is 0 Å². The van der Waals surface area contributed by atoms with Crippen molar-refractivity contribution in [3.05, 3.63) is 0 Å². The Morgan fingerprint density at radius 3 is 2.12 bits per heavy atom. The topological polar surface area (TPSA) is 37.4 Å². The molecule has 1 atom stereocenters. The number of carbonyl (C=O) groups excluding carboxylic acids is 2. The van der Waals surface area contributed by atoms with E-state index in [1.54, 1.807) is 13.8 Å². The largest absolute Gasteiger partial charge is 0.281 e. The first-order valence-electron chi connectivity index (χ1n) is 5.57. The average molecular weight is 290 g/mol. The van der Waals surface area contributed by atoms with Gasteiger partial charge in [-0.3, -0.25) is 14.5 Å². The van der Waals surface area contributed by atoms with E-state index in [9.17, 15) is 9.59 Å². The maximum atomic E-state index is 12.0. The minimum absolute atomic E-state index is 0.0440. The highest BCUT2D eigenvalue weighted by Crippen LogP contribution is 2.35. The third kappa shape index (κ3) is 2.84. The van der Waals surface area contributed by atoms with E-state index in [4.69, 9.17) is 0 Å². The fourth-order valence-electron chi connectivity index (χ4n) is 1.80. The van der Waals surface area contributed by atoms with Gasteiger partial charge in [-0.25, -0.2) is 0 Å². The van der Waals surface area contributed by atoms with Crippen LogP contribution in [0.2, 0.25) is 0 Å². The predicted octanol–water partition coefficient (Wildman–Crippen LogP) is 2.58. The lowest BCUT2D eigenvalue weighted by atomic mass is 9.80. The zero-order chi connectivity index (χ0) is 12.7. The Morgan fingerprint density at radius 1 is 1.31 bits per heavy atom. The lowest BCUT2D eigenvalue weighted by molar-refractivity contribution is -0.142. The van der Waals surface area contributed by atoms with Crippen molar-refractivity contribution in [1.82, 2.24) is 4.90 Å². The molecular weight excluding hydrogens is 270 g/mol. The maximum Gasteiger partial charge on any atom is 0.245 e. The van der Waals surface area contributed by atoms with E-state index >= 15 is 0 Å². The molecule has 2 amide bonds. The molecular formula is C12H20BrNO2. The van der Waals surface area contributed by atoms with Gasteiger partial charge in [0.05, 0.1) is 4.32 Å². The summed E-state index contributed by atoms with van der Waals surface area (Å²) in [5.74, 6) is 0.0838. The summed E-state index contributed by atoms with van der Waals surface area (Å²) in [6.45, 7) is 10.4. The van der Waals surface area contributed by atoms with Crippen molar-refractivity contribution >= 4 is 27.7 Å². The van der Waals surface area contributed by atoms with Crippen LogP contribution in [0, 0.1) is 11.3 Å². The zero-order valence-electron chi connectivity index (χ0n) is 10.6. The van der Waals surface area contributed by atoms with Crippen molar-refractivity contribution in [3.63, 3.8) is 0 Å². The summed E-state index contributed by atoms with van der Waals surface area (Å²) in [4.78, 5) is 25.2. The minimum Gasteiger partial charge on any atom is -0.281 e. The monoisotopic (exact) mass is 289 g/mol. The van der Waals surface area contributed by atoms with Gasteiger partial charge in [-0.15, -0.1) is 0 Å². The third-order valence-corrected chi connectivity index (χ3v) is 3.44. The number of halogens is 1. The first kappa shape index (κ1) is 13.7. The summed E-state index contributed by atoms with van der Waals surface area (Å²) in [7, 11) is 0.